The third-order valence-corrected chi connectivity index (χ3v) is 6.30. The Bertz CT molecular complexity index is 716. The van der Waals surface area contributed by atoms with E-state index in [-0.39, 0.29) is 17.4 Å². The van der Waals surface area contributed by atoms with Crippen molar-refractivity contribution >= 4 is 11.9 Å². The molecule has 3 rings (SSSR count). The summed E-state index contributed by atoms with van der Waals surface area (Å²) in [6, 6.07) is 7.56. The number of methoxy groups -OCH3 is 1. The second-order valence-corrected chi connectivity index (χ2v) is 9.39. The maximum Gasteiger partial charge on any atom is 0.326 e. The lowest BCUT2D eigenvalue weighted by Crippen LogP contribution is -2.51. The fourth-order valence-electron chi connectivity index (χ4n) is 4.45. The van der Waals surface area contributed by atoms with E-state index in [1.807, 2.05) is 36.2 Å². The van der Waals surface area contributed by atoms with Crippen molar-refractivity contribution in [3.8, 4) is 5.75 Å². The average molecular weight is 388 g/mol. The lowest BCUT2D eigenvalue weighted by atomic mass is 9.67. The second-order valence-electron chi connectivity index (χ2n) is 9.39. The van der Waals surface area contributed by atoms with Gasteiger partial charge in [-0.3, -0.25) is 9.69 Å². The van der Waals surface area contributed by atoms with Crippen LogP contribution in [0.25, 0.3) is 0 Å². The predicted molar refractivity (Wildman–Crippen MR) is 109 cm³/mol. The summed E-state index contributed by atoms with van der Waals surface area (Å²) in [6.45, 7) is 7.71. The van der Waals surface area contributed by atoms with E-state index < -0.39 is 5.54 Å². The van der Waals surface area contributed by atoms with Gasteiger partial charge in [0.1, 0.15) is 11.3 Å². The third-order valence-electron chi connectivity index (χ3n) is 6.30. The number of carbonyl (C=O) groups is 2. The first kappa shape index (κ1) is 20.6. The van der Waals surface area contributed by atoms with E-state index in [1.165, 1.54) is 4.90 Å². The van der Waals surface area contributed by atoms with Crippen LogP contribution in [0.3, 0.4) is 0 Å². The van der Waals surface area contributed by atoms with Gasteiger partial charge in [-0.15, -0.1) is 0 Å². The lowest BCUT2D eigenvalue weighted by Gasteiger charge is -2.40. The van der Waals surface area contributed by atoms with Crippen molar-refractivity contribution in [1.29, 1.82) is 0 Å². The summed E-state index contributed by atoms with van der Waals surface area (Å²) < 4.78 is 5.18. The van der Waals surface area contributed by atoms with Gasteiger partial charge in [-0.2, -0.15) is 0 Å². The zero-order valence-corrected chi connectivity index (χ0v) is 17.7. The molecule has 1 N–H and O–H groups in total. The number of urea groups is 1. The number of benzene rings is 1. The molecule has 0 atom stereocenters. The molecule has 1 saturated carbocycles. The number of hydrogen-bond acceptors (Lipinski definition) is 4. The Balaban J connectivity index is 1.60. The van der Waals surface area contributed by atoms with Crippen molar-refractivity contribution in [1.82, 2.24) is 15.1 Å². The van der Waals surface area contributed by atoms with E-state index in [1.54, 1.807) is 7.11 Å². The molecule has 1 spiro atoms. The van der Waals surface area contributed by atoms with Gasteiger partial charge in [0, 0.05) is 6.54 Å². The number of rotatable bonds is 5. The second kappa shape index (κ2) is 7.74. The monoisotopic (exact) mass is 387 g/mol. The first-order chi connectivity index (χ1) is 13.1. The minimum atomic E-state index is -0.695. The molecule has 1 aromatic carbocycles. The van der Waals surface area contributed by atoms with E-state index in [0.29, 0.717) is 19.1 Å². The highest BCUT2D eigenvalue weighted by atomic mass is 16.5. The number of nitrogens with zero attached hydrogens (tertiary/aromatic N) is 2. The Labute approximate surface area is 168 Å². The third kappa shape index (κ3) is 4.17. The van der Waals surface area contributed by atoms with Crippen LogP contribution >= 0.6 is 0 Å². The van der Waals surface area contributed by atoms with Crippen LogP contribution in [0.4, 0.5) is 4.79 Å². The Morgan fingerprint density at radius 1 is 1.18 bits per heavy atom. The molecule has 6 nitrogen and oxygen atoms in total. The molecule has 1 saturated heterocycles. The van der Waals surface area contributed by atoms with Gasteiger partial charge in [-0.25, -0.2) is 9.69 Å². The molecule has 1 aliphatic heterocycles. The molecular formula is C22H33N3O3. The molecule has 1 aliphatic carbocycles. The van der Waals surface area contributed by atoms with E-state index in [0.717, 1.165) is 37.0 Å². The minimum Gasteiger partial charge on any atom is -0.497 e. The van der Waals surface area contributed by atoms with Crippen LogP contribution in [-0.2, 0) is 11.3 Å². The van der Waals surface area contributed by atoms with E-state index in [2.05, 4.69) is 26.1 Å². The lowest BCUT2D eigenvalue weighted by molar-refractivity contribution is -0.134. The molecule has 2 aliphatic rings. The number of ether oxygens (including phenoxy) is 1. The molecule has 0 bridgehead atoms. The fourth-order valence-corrected chi connectivity index (χ4v) is 4.45. The Kier molecular flexibility index (Phi) is 5.71. The molecule has 154 valence electrons. The van der Waals surface area contributed by atoms with Crippen molar-refractivity contribution in [2.45, 2.75) is 58.5 Å². The summed E-state index contributed by atoms with van der Waals surface area (Å²) in [5.41, 5.74) is 0.654. The summed E-state index contributed by atoms with van der Waals surface area (Å²) in [7, 11) is 3.57. The van der Waals surface area contributed by atoms with Gasteiger partial charge in [0.2, 0.25) is 0 Å². The summed E-state index contributed by atoms with van der Waals surface area (Å²) in [5, 5.41) is 3.02. The Morgan fingerprint density at radius 2 is 1.79 bits per heavy atom. The van der Waals surface area contributed by atoms with Crippen molar-refractivity contribution in [3.63, 3.8) is 0 Å². The quantitative estimate of drug-likeness (QED) is 0.784. The van der Waals surface area contributed by atoms with Crippen LogP contribution in [0.15, 0.2) is 24.3 Å². The number of nitrogens with one attached hydrogen (secondary N) is 1. The average Bonchev–Trinajstić information content (AvgIpc) is 2.86. The number of imide groups is 1. The van der Waals surface area contributed by atoms with Gasteiger partial charge in [0.05, 0.1) is 13.8 Å². The van der Waals surface area contributed by atoms with Gasteiger partial charge in [0.25, 0.3) is 5.91 Å². The SMILES string of the molecule is COc1ccc(CN(C)CN2C(=O)NC3(CCC(C(C)(C)C)CC3)C2=O)cc1. The Morgan fingerprint density at radius 3 is 2.32 bits per heavy atom. The molecule has 3 amide bonds. The molecule has 6 heteroatoms. The summed E-state index contributed by atoms with van der Waals surface area (Å²) in [5.74, 6) is 1.34. The predicted octanol–water partition coefficient (Wildman–Crippen LogP) is 3.61. The standard InChI is InChI=1S/C22H33N3O3/c1-21(2,3)17-10-12-22(13-11-17)19(26)25(20(27)23-22)15-24(4)14-16-6-8-18(28-5)9-7-16/h6-9,17H,10-15H2,1-5H3,(H,23,27). The van der Waals surface area contributed by atoms with Crippen LogP contribution < -0.4 is 10.1 Å². The van der Waals surface area contributed by atoms with Crippen LogP contribution in [0, 0.1) is 11.3 Å². The maximum atomic E-state index is 13.1. The summed E-state index contributed by atoms with van der Waals surface area (Å²) >= 11 is 0. The van der Waals surface area contributed by atoms with Gasteiger partial charge in [0.15, 0.2) is 0 Å². The normalized spacial score (nSPS) is 25.5. The van der Waals surface area contributed by atoms with Gasteiger partial charge < -0.3 is 10.1 Å². The van der Waals surface area contributed by atoms with Crippen molar-refractivity contribution in [3.05, 3.63) is 29.8 Å². The molecule has 0 radical (unpaired) electrons. The highest BCUT2D eigenvalue weighted by Crippen LogP contribution is 2.43. The molecule has 28 heavy (non-hydrogen) atoms. The first-order valence-electron chi connectivity index (χ1n) is 10.1. The van der Waals surface area contributed by atoms with Crippen LogP contribution in [0.2, 0.25) is 0 Å². The zero-order valence-electron chi connectivity index (χ0n) is 17.7. The smallest absolute Gasteiger partial charge is 0.326 e. The van der Waals surface area contributed by atoms with Crippen LogP contribution in [-0.4, -0.2) is 48.1 Å². The number of amides is 3. The molecule has 0 aromatic heterocycles. The largest absolute Gasteiger partial charge is 0.497 e. The van der Waals surface area contributed by atoms with Crippen LogP contribution in [0.5, 0.6) is 5.75 Å². The van der Waals surface area contributed by atoms with E-state index in [9.17, 15) is 9.59 Å². The Hall–Kier alpha value is -2.08. The van der Waals surface area contributed by atoms with Gasteiger partial charge in [-0.1, -0.05) is 32.9 Å². The van der Waals surface area contributed by atoms with E-state index >= 15 is 0 Å². The van der Waals surface area contributed by atoms with E-state index in [4.69, 9.17) is 4.74 Å². The molecule has 0 unspecified atom stereocenters. The number of hydrogen-bond donors (Lipinski definition) is 1. The summed E-state index contributed by atoms with van der Waals surface area (Å²) in [6.07, 6.45) is 3.42. The fraction of sp³-hybridized carbons (Fsp3) is 0.636. The summed E-state index contributed by atoms with van der Waals surface area (Å²) in [4.78, 5) is 29.0. The molecular weight excluding hydrogens is 354 g/mol. The van der Waals surface area contributed by atoms with Crippen molar-refractivity contribution in [2.75, 3.05) is 20.8 Å². The highest BCUT2D eigenvalue weighted by molar-refractivity contribution is 6.07. The molecule has 1 aromatic rings. The minimum absolute atomic E-state index is 0.0635. The first-order valence-corrected chi connectivity index (χ1v) is 10.1. The van der Waals surface area contributed by atoms with Crippen LogP contribution in [0.1, 0.15) is 52.0 Å². The van der Waals surface area contributed by atoms with Gasteiger partial charge in [-0.05, 0) is 61.8 Å². The number of carbonyl (C=O) groups excluding carboxylic acids is 2. The maximum absolute atomic E-state index is 13.1. The molecule has 2 fully saturated rings. The molecule has 1 heterocycles. The van der Waals surface area contributed by atoms with Crippen molar-refractivity contribution in [2.24, 2.45) is 11.3 Å². The zero-order chi connectivity index (χ0) is 20.5. The van der Waals surface area contributed by atoms with Gasteiger partial charge >= 0.3 is 6.03 Å². The highest BCUT2D eigenvalue weighted by Gasteiger charge is 2.53. The topological polar surface area (TPSA) is 61.9 Å². The van der Waals surface area contributed by atoms with Crippen molar-refractivity contribution < 1.29 is 14.3 Å².